The van der Waals surface area contributed by atoms with Crippen molar-refractivity contribution in [2.75, 3.05) is 14.7 Å². The lowest BCUT2D eigenvalue weighted by Gasteiger charge is -2.48. The van der Waals surface area contributed by atoms with Crippen LogP contribution in [0.25, 0.3) is 0 Å². The number of fused-ring (bicyclic) bond motifs is 9. The van der Waals surface area contributed by atoms with Gasteiger partial charge in [-0.2, -0.15) is 0 Å². The molecule has 1 aromatic heterocycles. The zero-order valence-corrected chi connectivity index (χ0v) is 48.8. The van der Waals surface area contributed by atoms with Crippen LogP contribution >= 0.6 is 0 Å². The van der Waals surface area contributed by atoms with Crippen molar-refractivity contribution in [3.63, 3.8) is 0 Å². The average molecular weight is 1030 g/mol. The topological polar surface area (TPSA) is 22.9 Å². The zero-order valence-electron chi connectivity index (χ0n) is 58.8. The Morgan fingerprint density at radius 1 is 0.416 bits per heavy atom. The molecule has 6 aliphatic rings. The molecule has 0 amide bonds. The lowest BCUT2D eigenvalue weighted by Crippen LogP contribution is -2.61. The van der Waals surface area contributed by atoms with Crippen molar-refractivity contribution >= 4 is 74.5 Å². The Hall–Kier alpha value is -5.94. The Kier molecular flexibility index (Phi) is 8.54. The molecule has 0 atom stereocenters. The molecule has 6 aromatic carbocycles. The highest BCUT2D eigenvalue weighted by Crippen LogP contribution is 2.58. The van der Waals surface area contributed by atoms with E-state index in [9.17, 15) is 11.0 Å². The largest absolute Gasteiger partial charge is 0.472 e. The van der Waals surface area contributed by atoms with E-state index in [-0.39, 0.29) is 60.4 Å². The van der Waals surface area contributed by atoms with Crippen LogP contribution in [0.5, 0.6) is 0 Å². The molecule has 0 saturated carbocycles. The molecule has 0 unspecified atom stereocenters. The summed E-state index contributed by atoms with van der Waals surface area (Å²) in [4.78, 5) is 6.12. The average Bonchev–Trinajstić information content (AvgIpc) is 1.66. The molecule has 4 aliphatic carbocycles. The second-order valence-corrected chi connectivity index (χ2v) is 29.3. The predicted molar refractivity (Wildman–Crippen MR) is 329 cm³/mol. The van der Waals surface area contributed by atoms with Gasteiger partial charge in [0.2, 0.25) is 0 Å². The van der Waals surface area contributed by atoms with Crippen LogP contribution in [-0.2, 0) is 43.3 Å². The molecule has 0 bridgehead atoms. The first-order chi connectivity index (χ1) is 40.3. The quantitative estimate of drug-likeness (QED) is 0.160. The number of benzene rings is 6. The highest BCUT2D eigenvalue weighted by atomic mass is 16.3. The molecular weight excluding hydrogens is 934 g/mol. The minimum atomic E-state index is -0.617. The van der Waals surface area contributed by atoms with Gasteiger partial charge in [0.1, 0.15) is 5.76 Å². The van der Waals surface area contributed by atoms with Crippen molar-refractivity contribution in [1.29, 1.82) is 0 Å². The highest BCUT2D eigenvalue weighted by molar-refractivity contribution is 6.99. The first-order valence-corrected chi connectivity index (χ1v) is 28.7. The Balaban J connectivity index is 1.27. The number of para-hydroxylation sites is 2. The number of furan rings is 1. The van der Waals surface area contributed by atoms with Crippen molar-refractivity contribution in [3.05, 3.63) is 166 Å². The third kappa shape index (κ3) is 7.50. The van der Waals surface area contributed by atoms with Crippen molar-refractivity contribution in [2.45, 2.75) is 205 Å². The van der Waals surface area contributed by atoms with E-state index in [0.29, 0.717) is 0 Å². The fourth-order valence-electron chi connectivity index (χ4n) is 15.0. The normalized spacial score (nSPS) is 23.4. The molecule has 396 valence electrons. The monoisotopic (exact) mass is 1030 g/mol. The maximum absolute atomic E-state index is 9.76. The van der Waals surface area contributed by atoms with E-state index in [1.165, 1.54) is 38.3 Å². The fraction of sp³-hybridized carbons (Fsp3) is 0.444. The molecular formula is C72H84BN3O. The molecule has 3 heterocycles. The van der Waals surface area contributed by atoms with Crippen LogP contribution in [0.1, 0.15) is 221 Å². The fourth-order valence-corrected chi connectivity index (χ4v) is 15.0. The number of anilines is 9. The summed E-state index contributed by atoms with van der Waals surface area (Å²) >= 11 is 0. The van der Waals surface area contributed by atoms with Crippen LogP contribution in [-0.4, -0.2) is 6.71 Å². The maximum Gasteiger partial charge on any atom is 0.297 e. The SMILES string of the molecule is [2H]c1c([2H])c([2H])c(N(c2cc3c4c(c2)N(c2ccc5c(c2)C(C)(C)CCC5(C)C)c2c(oc5c2C(C)(C)CCC5(C)C)B4c2cc4c(cc2N3c2ccc3c(c2)C(C)(C)CCC3(C)C)C(C)(C)CCC4(C)C)c2c([2H])c([2H])c([2H])c([2H])c2[2H])c([2H])c1[2H]. The van der Waals surface area contributed by atoms with Crippen molar-refractivity contribution in [1.82, 2.24) is 0 Å². The molecule has 2 aliphatic heterocycles. The molecule has 4 nitrogen and oxygen atoms in total. The van der Waals surface area contributed by atoms with Crippen molar-refractivity contribution in [3.8, 4) is 0 Å². The van der Waals surface area contributed by atoms with E-state index in [1.807, 2.05) is 12.1 Å². The Bertz CT molecular complexity index is 4060. The molecule has 0 N–H and O–H groups in total. The van der Waals surface area contributed by atoms with Gasteiger partial charge in [0.15, 0.2) is 0 Å². The minimum Gasteiger partial charge on any atom is -0.472 e. The Morgan fingerprint density at radius 3 is 1.31 bits per heavy atom. The number of hydrogen-bond acceptors (Lipinski definition) is 4. The number of hydrogen-bond donors (Lipinski definition) is 0. The molecule has 5 heteroatoms. The summed E-state index contributed by atoms with van der Waals surface area (Å²) in [7, 11) is 0. The van der Waals surface area contributed by atoms with Crippen LogP contribution in [0, 0.1) is 0 Å². The maximum atomic E-state index is 9.76. The summed E-state index contributed by atoms with van der Waals surface area (Å²) in [5.74, 6) is 0.950. The molecule has 77 heavy (non-hydrogen) atoms. The van der Waals surface area contributed by atoms with Gasteiger partial charge in [-0.15, -0.1) is 0 Å². The van der Waals surface area contributed by atoms with Gasteiger partial charge in [0.05, 0.1) is 30.7 Å². The minimum absolute atomic E-state index is 0.0913. The van der Waals surface area contributed by atoms with Gasteiger partial charge in [-0.1, -0.05) is 165 Å². The van der Waals surface area contributed by atoms with Crippen molar-refractivity contribution < 1.29 is 18.1 Å². The van der Waals surface area contributed by atoms with E-state index in [2.05, 4.69) is 169 Å². The van der Waals surface area contributed by atoms with Gasteiger partial charge in [-0.05, 0) is 200 Å². The summed E-state index contributed by atoms with van der Waals surface area (Å²) in [6, 6.07) is 16.8. The smallest absolute Gasteiger partial charge is 0.297 e. The van der Waals surface area contributed by atoms with Gasteiger partial charge < -0.3 is 19.1 Å². The van der Waals surface area contributed by atoms with Gasteiger partial charge in [-0.3, -0.25) is 0 Å². The van der Waals surface area contributed by atoms with Gasteiger partial charge in [0, 0.05) is 50.8 Å². The van der Waals surface area contributed by atoms with E-state index < -0.39 is 67.1 Å². The first kappa shape index (κ1) is 40.3. The van der Waals surface area contributed by atoms with Crippen molar-refractivity contribution in [2.24, 2.45) is 0 Å². The van der Waals surface area contributed by atoms with E-state index in [1.54, 1.807) is 0 Å². The predicted octanol–water partition coefficient (Wildman–Crippen LogP) is 18.2. The standard InChI is InChI=1S/C72H84BN3O/c1-65(2)31-33-67(5,6)52-39-47(27-29-50(52)65)75-57-44-55-54(69(9,10)35-36-70(55,11)12)43-56(57)73-61-58(75)41-49(74(45-23-19-17-20-24-45)46-25-21-18-22-26-46)42-59(61)76(48-28-30-51-53(40-48)68(7,8)34-32-66(51,3)4)62-60-63(77-64(62)73)72(15,16)38-37-71(60,13)14/h17-30,39-44H,31-38H2,1-16H3/i17D,18D,19D,20D,21D,22D,23D,24D,25D,26D. The lowest BCUT2D eigenvalue weighted by atomic mass is 9.35. The van der Waals surface area contributed by atoms with Crippen LogP contribution in [0.15, 0.2) is 126 Å². The summed E-state index contributed by atoms with van der Waals surface area (Å²) < 4.78 is 101. The lowest BCUT2D eigenvalue weighted by molar-refractivity contribution is 0.282. The molecule has 0 fully saturated rings. The van der Waals surface area contributed by atoms with Gasteiger partial charge in [-0.25, -0.2) is 0 Å². The molecule has 0 spiro atoms. The van der Waals surface area contributed by atoms with Crippen LogP contribution in [0.4, 0.5) is 51.2 Å². The first-order valence-electron chi connectivity index (χ1n) is 33.7. The van der Waals surface area contributed by atoms with E-state index in [4.69, 9.17) is 7.16 Å². The summed E-state index contributed by atoms with van der Waals surface area (Å²) in [5, 5.41) is 0. The van der Waals surface area contributed by atoms with Crippen LogP contribution < -0.4 is 31.3 Å². The zero-order chi connectivity index (χ0) is 63.1. The highest BCUT2D eigenvalue weighted by Gasteiger charge is 2.54. The van der Waals surface area contributed by atoms with Crippen LogP contribution in [0.3, 0.4) is 0 Å². The molecule has 0 radical (unpaired) electrons. The third-order valence-corrected chi connectivity index (χ3v) is 20.4. The number of nitrogens with zero attached hydrogens (tertiary/aromatic N) is 3. The second-order valence-electron chi connectivity index (χ2n) is 29.3. The van der Waals surface area contributed by atoms with E-state index >= 15 is 0 Å². The van der Waals surface area contributed by atoms with E-state index in [0.717, 1.165) is 113 Å². The molecule has 7 aromatic rings. The molecule has 13 rings (SSSR count). The van der Waals surface area contributed by atoms with Gasteiger partial charge >= 0.3 is 0 Å². The number of rotatable bonds is 5. The van der Waals surface area contributed by atoms with Crippen LogP contribution in [0.2, 0.25) is 0 Å². The Morgan fingerprint density at radius 2 is 0.818 bits per heavy atom. The summed E-state index contributed by atoms with van der Waals surface area (Å²) in [6.07, 6.45) is 7.84. The second kappa shape index (κ2) is 16.3. The van der Waals surface area contributed by atoms with Gasteiger partial charge in [0.25, 0.3) is 6.71 Å². The Labute approximate surface area is 476 Å². The third-order valence-electron chi connectivity index (χ3n) is 20.4. The summed E-state index contributed by atoms with van der Waals surface area (Å²) in [6.45, 7) is 37.0. The summed E-state index contributed by atoms with van der Waals surface area (Å²) in [5.41, 5.74) is 14.8. The molecule has 0 saturated heterocycles.